The number of nitrogens with zero attached hydrogens (tertiary/aromatic N) is 3. The third kappa shape index (κ3) is 2.65. The number of aryl methyl sites for hydroxylation is 2. The summed E-state index contributed by atoms with van der Waals surface area (Å²) >= 11 is 5.88. The first-order valence-corrected chi connectivity index (χ1v) is 5.56. The Bertz CT molecular complexity index is 572. The molecule has 88 valence electrons. The standard InChI is InChI=1S/C12H13ClN4/c1-8-5-11(13)4-3-10(8)6-15-17-7-9(2)16-12(17)14/h3-7H,1-2H3,(H2,14,16). The molecule has 0 fully saturated rings. The van der Waals surface area contributed by atoms with Crippen molar-refractivity contribution in [2.24, 2.45) is 5.10 Å². The van der Waals surface area contributed by atoms with Crippen LogP contribution in [0.2, 0.25) is 5.02 Å². The molecule has 2 N–H and O–H groups in total. The summed E-state index contributed by atoms with van der Waals surface area (Å²) in [4.78, 5) is 4.07. The average molecular weight is 249 g/mol. The highest BCUT2D eigenvalue weighted by Crippen LogP contribution is 2.14. The van der Waals surface area contributed by atoms with E-state index < -0.39 is 0 Å². The van der Waals surface area contributed by atoms with Crippen LogP contribution < -0.4 is 5.73 Å². The number of anilines is 1. The van der Waals surface area contributed by atoms with Crippen LogP contribution in [0, 0.1) is 13.8 Å². The van der Waals surface area contributed by atoms with Gasteiger partial charge in [0.1, 0.15) is 0 Å². The van der Waals surface area contributed by atoms with Crippen LogP contribution >= 0.6 is 11.6 Å². The van der Waals surface area contributed by atoms with E-state index in [0.717, 1.165) is 21.8 Å². The molecular weight excluding hydrogens is 236 g/mol. The van der Waals surface area contributed by atoms with Gasteiger partial charge in [0.2, 0.25) is 5.95 Å². The molecule has 17 heavy (non-hydrogen) atoms. The van der Waals surface area contributed by atoms with Crippen molar-refractivity contribution in [3.8, 4) is 0 Å². The maximum absolute atomic E-state index is 5.88. The van der Waals surface area contributed by atoms with Gasteiger partial charge in [-0.1, -0.05) is 17.7 Å². The fraction of sp³-hybridized carbons (Fsp3) is 0.167. The molecule has 2 aromatic rings. The molecule has 0 radical (unpaired) electrons. The third-order valence-corrected chi connectivity index (χ3v) is 2.62. The lowest BCUT2D eigenvalue weighted by molar-refractivity contribution is 0.897. The van der Waals surface area contributed by atoms with Gasteiger partial charge in [-0.2, -0.15) is 5.10 Å². The van der Waals surface area contributed by atoms with Gasteiger partial charge in [-0.15, -0.1) is 0 Å². The monoisotopic (exact) mass is 248 g/mol. The lowest BCUT2D eigenvalue weighted by atomic mass is 10.1. The zero-order chi connectivity index (χ0) is 12.4. The van der Waals surface area contributed by atoms with Crippen molar-refractivity contribution in [2.45, 2.75) is 13.8 Å². The highest BCUT2D eigenvalue weighted by Gasteiger charge is 1.99. The fourth-order valence-electron chi connectivity index (χ4n) is 1.50. The molecule has 0 aliphatic carbocycles. The normalized spacial score (nSPS) is 11.2. The minimum Gasteiger partial charge on any atom is -0.368 e. The van der Waals surface area contributed by atoms with E-state index in [1.807, 2.05) is 32.0 Å². The molecule has 0 aliphatic heterocycles. The molecule has 1 aromatic carbocycles. The Morgan fingerprint density at radius 2 is 2.18 bits per heavy atom. The van der Waals surface area contributed by atoms with Crippen molar-refractivity contribution >= 4 is 23.8 Å². The second-order valence-electron chi connectivity index (χ2n) is 3.83. The van der Waals surface area contributed by atoms with E-state index in [2.05, 4.69) is 10.1 Å². The molecule has 0 spiro atoms. The van der Waals surface area contributed by atoms with Crippen LogP contribution in [0.3, 0.4) is 0 Å². The first-order valence-electron chi connectivity index (χ1n) is 5.18. The molecule has 1 heterocycles. The quantitative estimate of drug-likeness (QED) is 0.831. The number of aromatic nitrogens is 2. The smallest absolute Gasteiger partial charge is 0.221 e. The first-order chi connectivity index (χ1) is 8.06. The van der Waals surface area contributed by atoms with Crippen molar-refractivity contribution in [2.75, 3.05) is 5.73 Å². The van der Waals surface area contributed by atoms with E-state index in [1.165, 1.54) is 0 Å². The predicted octanol–water partition coefficient (Wildman–Crippen LogP) is 2.62. The van der Waals surface area contributed by atoms with Gasteiger partial charge in [-0.25, -0.2) is 9.66 Å². The van der Waals surface area contributed by atoms with Crippen LogP contribution in [-0.2, 0) is 0 Å². The van der Waals surface area contributed by atoms with Gasteiger partial charge in [0.05, 0.1) is 18.1 Å². The Labute approximate surface area is 105 Å². The molecule has 0 saturated carbocycles. The SMILES string of the molecule is Cc1cn(N=Cc2ccc(Cl)cc2C)c(N)n1. The van der Waals surface area contributed by atoms with E-state index in [-0.39, 0.29) is 0 Å². The van der Waals surface area contributed by atoms with Crippen LogP contribution in [-0.4, -0.2) is 15.9 Å². The van der Waals surface area contributed by atoms with Crippen LogP contribution in [0.15, 0.2) is 29.5 Å². The Morgan fingerprint density at radius 1 is 1.41 bits per heavy atom. The van der Waals surface area contributed by atoms with E-state index in [9.17, 15) is 0 Å². The second-order valence-corrected chi connectivity index (χ2v) is 4.27. The molecule has 0 atom stereocenters. The summed E-state index contributed by atoms with van der Waals surface area (Å²) in [5, 5.41) is 4.97. The number of nitrogens with two attached hydrogens (primary N) is 1. The van der Waals surface area contributed by atoms with Crippen molar-refractivity contribution in [1.29, 1.82) is 0 Å². The Kier molecular flexibility index (Phi) is 3.15. The van der Waals surface area contributed by atoms with Crippen LogP contribution in [0.1, 0.15) is 16.8 Å². The largest absolute Gasteiger partial charge is 0.368 e. The molecular formula is C12H13ClN4. The molecule has 4 nitrogen and oxygen atoms in total. The van der Waals surface area contributed by atoms with Crippen molar-refractivity contribution < 1.29 is 0 Å². The minimum absolute atomic E-state index is 0.380. The third-order valence-electron chi connectivity index (χ3n) is 2.39. The molecule has 1 aromatic heterocycles. The average Bonchev–Trinajstić information content (AvgIpc) is 2.56. The highest BCUT2D eigenvalue weighted by atomic mass is 35.5. The molecule has 0 bridgehead atoms. The molecule has 0 saturated heterocycles. The zero-order valence-electron chi connectivity index (χ0n) is 9.68. The Morgan fingerprint density at radius 3 is 2.76 bits per heavy atom. The summed E-state index contributed by atoms with van der Waals surface area (Å²) in [5.41, 5.74) is 8.59. The number of hydrogen-bond donors (Lipinski definition) is 1. The number of rotatable bonds is 2. The summed E-state index contributed by atoms with van der Waals surface area (Å²) < 4.78 is 1.55. The molecule has 0 amide bonds. The summed E-state index contributed by atoms with van der Waals surface area (Å²) in [6.07, 6.45) is 3.51. The number of hydrogen-bond acceptors (Lipinski definition) is 3. The van der Waals surface area contributed by atoms with Gasteiger partial charge in [-0.05, 0) is 37.1 Å². The van der Waals surface area contributed by atoms with Crippen molar-refractivity contribution in [3.63, 3.8) is 0 Å². The maximum atomic E-state index is 5.88. The second kappa shape index (κ2) is 4.59. The van der Waals surface area contributed by atoms with Gasteiger partial charge < -0.3 is 5.73 Å². The lowest BCUT2D eigenvalue weighted by Crippen LogP contribution is -1.97. The van der Waals surface area contributed by atoms with Crippen molar-refractivity contribution in [1.82, 2.24) is 9.66 Å². The van der Waals surface area contributed by atoms with Gasteiger partial charge in [-0.3, -0.25) is 0 Å². The fourth-order valence-corrected chi connectivity index (χ4v) is 1.73. The molecule has 0 unspecified atom stereocenters. The number of halogens is 1. The summed E-state index contributed by atoms with van der Waals surface area (Å²) in [6, 6.07) is 5.64. The number of imidazole rings is 1. The summed E-state index contributed by atoms with van der Waals surface area (Å²) in [7, 11) is 0. The van der Waals surface area contributed by atoms with Gasteiger partial charge >= 0.3 is 0 Å². The number of benzene rings is 1. The van der Waals surface area contributed by atoms with E-state index >= 15 is 0 Å². The zero-order valence-corrected chi connectivity index (χ0v) is 10.4. The maximum Gasteiger partial charge on any atom is 0.221 e. The van der Waals surface area contributed by atoms with Gasteiger partial charge in [0.25, 0.3) is 0 Å². The molecule has 0 aliphatic rings. The van der Waals surface area contributed by atoms with E-state index in [4.69, 9.17) is 17.3 Å². The predicted molar refractivity (Wildman–Crippen MR) is 70.6 cm³/mol. The summed E-state index contributed by atoms with van der Waals surface area (Å²) in [6.45, 7) is 3.85. The van der Waals surface area contributed by atoms with Crippen LogP contribution in [0.25, 0.3) is 0 Å². The van der Waals surface area contributed by atoms with Gasteiger partial charge in [0, 0.05) is 5.02 Å². The first kappa shape index (κ1) is 11.7. The van der Waals surface area contributed by atoms with Crippen molar-refractivity contribution in [3.05, 3.63) is 46.2 Å². The van der Waals surface area contributed by atoms with Gasteiger partial charge in [0.15, 0.2) is 0 Å². The lowest BCUT2D eigenvalue weighted by Gasteiger charge is -2.00. The Hall–Kier alpha value is -1.81. The topological polar surface area (TPSA) is 56.2 Å². The van der Waals surface area contributed by atoms with E-state index in [1.54, 1.807) is 17.1 Å². The number of nitrogen functional groups attached to an aromatic ring is 1. The Balaban J connectivity index is 2.29. The summed E-state index contributed by atoms with van der Waals surface area (Å²) in [5.74, 6) is 0.380. The van der Waals surface area contributed by atoms with E-state index in [0.29, 0.717) is 5.95 Å². The molecule has 5 heteroatoms. The molecule has 2 rings (SSSR count). The van der Waals surface area contributed by atoms with Crippen LogP contribution in [0.5, 0.6) is 0 Å². The minimum atomic E-state index is 0.380. The van der Waals surface area contributed by atoms with Crippen LogP contribution in [0.4, 0.5) is 5.95 Å². The highest BCUT2D eigenvalue weighted by molar-refractivity contribution is 6.30.